The fraction of sp³-hybridized carbons (Fsp3) is 0.850. The van der Waals surface area contributed by atoms with Gasteiger partial charge in [-0.15, -0.1) is 5.10 Å². The Balaban J connectivity index is 1.31. The van der Waals surface area contributed by atoms with Gasteiger partial charge in [0.25, 0.3) is 0 Å². The summed E-state index contributed by atoms with van der Waals surface area (Å²) in [5, 5.41) is 8.86. The van der Waals surface area contributed by atoms with E-state index in [1.54, 1.807) is 0 Å². The van der Waals surface area contributed by atoms with Crippen molar-refractivity contribution >= 4 is 5.91 Å². The van der Waals surface area contributed by atoms with Gasteiger partial charge >= 0.3 is 0 Å². The highest BCUT2D eigenvalue weighted by Gasteiger charge is 2.30. The van der Waals surface area contributed by atoms with Gasteiger partial charge in [0.2, 0.25) is 5.91 Å². The SMILES string of the molecule is O=C(C1CCCCCC1)N1CCC(n2cc(C3CCCC3)nn2)CC1. The molecule has 2 saturated carbocycles. The third-order valence-electron chi connectivity index (χ3n) is 6.66. The number of carbonyl (C=O) groups is 1. The average molecular weight is 345 g/mol. The van der Waals surface area contributed by atoms with Crippen molar-refractivity contribution in [3.63, 3.8) is 0 Å². The second-order valence-electron chi connectivity index (χ2n) is 8.35. The molecule has 1 saturated heterocycles. The molecule has 3 aliphatic rings. The molecule has 0 radical (unpaired) electrons. The van der Waals surface area contributed by atoms with Gasteiger partial charge < -0.3 is 4.90 Å². The molecule has 5 nitrogen and oxygen atoms in total. The van der Waals surface area contributed by atoms with Crippen LogP contribution in [0.15, 0.2) is 6.20 Å². The van der Waals surface area contributed by atoms with Crippen LogP contribution in [0.4, 0.5) is 0 Å². The third kappa shape index (κ3) is 3.90. The maximum absolute atomic E-state index is 12.8. The molecular formula is C20H32N4O. The predicted octanol–water partition coefficient (Wildman–Crippen LogP) is 4.07. The summed E-state index contributed by atoms with van der Waals surface area (Å²) in [4.78, 5) is 14.9. The highest BCUT2D eigenvalue weighted by Crippen LogP contribution is 2.34. The van der Waals surface area contributed by atoms with Crippen molar-refractivity contribution < 1.29 is 4.79 Å². The normalized spacial score (nSPS) is 24.6. The number of hydrogen-bond donors (Lipinski definition) is 0. The summed E-state index contributed by atoms with van der Waals surface area (Å²) in [7, 11) is 0. The van der Waals surface area contributed by atoms with Crippen LogP contribution in [0, 0.1) is 5.92 Å². The van der Waals surface area contributed by atoms with Gasteiger partial charge in [0.05, 0.1) is 11.7 Å². The van der Waals surface area contributed by atoms with Gasteiger partial charge in [-0.3, -0.25) is 4.79 Å². The minimum absolute atomic E-state index is 0.291. The Bertz CT molecular complexity index is 562. The second kappa shape index (κ2) is 7.88. The van der Waals surface area contributed by atoms with Gasteiger partial charge in [-0.25, -0.2) is 4.68 Å². The first kappa shape index (κ1) is 17.0. The van der Waals surface area contributed by atoms with Crippen molar-refractivity contribution in [1.29, 1.82) is 0 Å². The molecule has 25 heavy (non-hydrogen) atoms. The zero-order chi connectivity index (χ0) is 17.1. The second-order valence-corrected chi connectivity index (χ2v) is 8.35. The van der Waals surface area contributed by atoms with E-state index in [-0.39, 0.29) is 0 Å². The monoisotopic (exact) mass is 344 g/mol. The van der Waals surface area contributed by atoms with Crippen molar-refractivity contribution in [2.75, 3.05) is 13.1 Å². The molecule has 0 spiro atoms. The molecule has 0 bridgehead atoms. The van der Waals surface area contributed by atoms with Gasteiger partial charge in [0.15, 0.2) is 0 Å². The lowest BCUT2D eigenvalue weighted by molar-refractivity contribution is -0.137. The Kier molecular flexibility index (Phi) is 5.37. The van der Waals surface area contributed by atoms with Crippen LogP contribution in [-0.2, 0) is 4.79 Å². The lowest BCUT2D eigenvalue weighted by Gasteiger charge is -2.34. The molecular weight excluding hydrogens is 312 g/mol. The maximum atomic E-state index is 12.8. The number of hydrogen-bond acceptors (Lipinski definition) is 3. The molecule has 4 rings (SSSR count). The molecule has 0 unspecified atom stereocenters. The largest absolute Gasteiger partial charge is 0.342 e. The first-order valence-corrected chi connectivity index (χ1v) is 10.5. The predicted molar refractivity (Wildman–Crippen MR) is 97.3 cm³/mol. The topological polar surface area (TPSA) is 51.0 Å². The van der Waals surface area contributed by atoms with Gasteiger partial charge in [0, 0.05) is 31.1 Å². The number of carbonyl (C=O) groups excluding carboxylic acids is 1. The summed E-state index contributed by atoms with van der Waals surface area (Å²) in [6.07, 6.45) is 16.7. The molecule has 0 atom stereocenters. The van der Waals surface area contributed by atoms with E-state index >= 15 is 0 Å². The molecule has 2 heterocycles. The van der Waals surface area contributed by atoms with Crippen LogP contribution < -0.4 is 0 Å². The fourth-order valence-corrected chi connectivity index (χ4v) is 5.01. The van der Waals surface area contributed by atoms with Gasteiger partial charge in [-0.1, -0.05) is 43.7 Å². The van der Waals surface area contributed by atoms with E-state index in [1.165, 1.54) is 57.1 Å². The standard InChI is InChI=1S/C20H32N4O/c25-20(17-9-3-1-2-4-10-17)23-13-11-18(12-14-23)24-15-19(21-22-24)16-7-5-6-8-16/h15-18H,1-14H2. The van der Waals surface area contributed by atoms with Crippen LogP contribution in [0.3, 0.4) is 0 Å². The average Bonchev–Trinajstić information content (AvgIpc) is 3.28. The number of amides is 1. The quantitative estimate of drug-likeness (QED) is 0.777. The summed E-state index contributed by atoms with van der Waals surface area (Å²) in [6, 6.07) is 0.417. The van der Waals surface area contributed by atoms with Crippen molar-refractivity contribution in [2.45, 2.75) is 89.0 Å². The van der Waals surface area contributed by atoms with Crippen LogP contribution in [0.25, 0.3) is 0 Å². The van der Waals surface area contributed by atoms with Crippen molar-refractivity contribution in [3.05, 3.63) is 11.9 Å². The van der Waals surface area contributed by atoms with E-state index < -0.39 is 0 Å². The summed E-state index contributed by atoms with van der Waals surface area (Å²) in [5.74, 6) is 1.34. The molecule has 1 amide bonds. The Hall–Kier alpha value is -1.39. The summed E-state index contributed by atoms with van der Waals surface area (Å²) >= 11 is 0. The zero-order valence-electron chi connectivity index (χ0n) is 15.4. The van der Waals surface area contributed by atoms with Crippen LogP contribution >= 0.6 is 0 Å². The maximum Gasteiger partial charge on any atom is 0.225 e. The highest BCUT2D eigenvalue weighted by atomic mass is 16.2. The Morgan fingerprint density at radius 3 is 2.20 bits per heavy atom. The highest BCUT2D eigenvalue weighted by molar-refractivity contribution is 5.78. The summed E-state index contributed by atoms with van der Waals surface area (Å²) < 4.78 is 2.08. The molecule has 1 aliphatic heterocycles. The minimum atomic E-state index is 0.291. The lowest BCUT2D eigenvalue weighted by atomic mass is 9.96. The van der Waals surface area contributed by atoms with Crippen molar-refractivity contribution in [3.8, 4) is 0 Å². The van der Waals surface area contributed by atoms with E-state index in [9.17, 15) is 4.79 Å². The van der Waals surface area contributed by atoms with Gasteiger partial charge in [0.1, 0.15) is 0 Å². The fourth-order valence-electron chi connectivity index (χ4n) is 5.01. The van der Waals surface area contributed by atoms with E-state index in [1.807, 2.05) is 0 Å². The molecule has 3 fully saturated rings. The molecule has 1 aromatic heterocycles. The summed E-state index contributed by atoms with van der Waals surface area (Å²) in [5.41, 5.74) is 1.19. The minimum Gasteiger partial charge on any atom is -0.342 e. The van der Waals surface area contributed by atoms with Gasteiger partial charge in [-0.05, 0) is 38.5 Å². The smallest absolute Gasteiger partial charge is 0.225 e. The zero-order valence-corrected chi connectivity index (χ0v) is 15.4. The van der Waals surface area contributed by atoms with Crippen LogP contribution in [0.5, 0.6) is 0 Å². The Morgan fingerprint density at radius 1 is 0.880 bits per heavy atom. The number of rotatable bonds is 3. The van der Waals surface area contributed by atoms with Crippen LogP contribution in [0.1, 0.15) is 94.7 Å². The number of likely N-dealkylation sites (tertiary alicyclic amines) is 1. The van der Waals surface area contributed by atoms with Crippen molar-refractivity contribution in [2.24, 2.45) is 5.92 Å². The first-order valence-electron chi connectivity index (χ1n) is 10.5. The molecule has 1 aromatic rings. The molecule has 5 heteroatoms. The Morgan fingerprint density at radius 2 is 1.52 bits per heavy atom. The van der Waals surface area contributed by atoms with E-state index in [0.29, 0.717) is 23.8 Å². The number of nitrogens with zero attached hydrogens (tertiary/aromatic N) is 4. The van der Waals surface area contributed by atoms with Crippen LogP contribution in [0.2, 0.25) is 0 Å². The van der Waals surface area contributed by atoms with Crippen LogP contribution in [-0.4, -0.2) is 38.9 Å². The Labute approximate surface area is 151 Å². The number of aromatic nitrogens is 3. The van der Waals surface area contributed by atoms with Crippen molar-refractivity contribution in [1.82, 2.24) is 19.9 Å². The van der Waals surface area contributed by atoms with E-state index in [2.05, 4.69) is 26.1 Å². The number of piperidine rings is 1. The third-order valence-corrected chi connectivity index (χ3v) is 6.66. The van der Waals surface area contributed by atoms with E-state index in [0.717, 1.165) is 38.8 Å². The summed E-state index contributed by atoms with van der Waals surface area (Å²) in [6.45, 7) is 1.78. The first-order chi connectivity index (χ1) is 12.3. The molecule has 138 valence electrons. The van der Waals surface area contributed by atoms with E-state index in [4.69, 9.17) is 0 Å². The van der Waals surface area contributed by atoms with Gasteiger partial charge in [-0.2, -0.15) is 0 Å². The molecule has 0 aromatic carbocycles. The molecule has 2 aliphatic carbocycles. The lowest BCUT2D eigenvalue weighted by Crippen LogP contribution is -2.42. The molecule has 0 N–H and O–H groups in total.